The Balaban J connectivity index is 2.24. The van der Waals surface area contributed by atoms with Gasteiger partial charge in [-0.15, -0.1) is 0 Å². The molecule has 5 heteroatoms. The van der Waals surface area contributed by atoms with Crippen molar-refractivity contribution in [3.05, 3.63) is 47.3 Å². The molecule has 3 aromatic rings. The van der Waals surface area contributed by atoms with E-state index in [0.29, 0.717) is 11.6 Å². The van der Waals surface area contributed by atoms with E-state index in [0.717, 1.165) is 33.6 Å². The summed E-state index contributed by atoms with van der Waals surface area (Å²) in [6, 6.07) is 10.0. The summed E-state index contributed by atoms with van der Waals surface area (Å²) in [5.74, 6) is 0.310. The number of benzene rings is 1. The highest BCUT2D eigenvalue weighted by Crippen LogP contribution is 2.37. The van der Waals surface area contributed by atoms with Gasteiger partial charge in [0.2, 0.25) is 5.88 Å². The van der Waals surface area contributed by atoms with Crippen molar-refractivity contribution in [1.29, 1.82) is 0 Å². The Hall–Kier alpha value is -2.69. The van der Waals surface area contributed by atoms with Gasteiger partial charge in [-0.25, -0.2) is 0 Å². The van der Waals surface area contributed by atoms with Gasteiger partial charge in [0.05, 0.1) is 17.0 Å². The molecule has 0 fully saturated rings. The third-order valence-corrected chi connectivity index (χ3v) is 3.38. The van der Waals surface area contributed by atoms with Crippen LogP contribution in [0.5, 0.6) is 0 Å². The number of nitrogens with zero attached hydrogens (tertiary/aromatic N) is 3. The molecule has 0 unspecified atom stereocenters. The van der Waals surface area contributed by atoms with E-state index >= 15 is 0 Å². The van der Waals surface area contributed by atoms with Gasteiger partial charge >= 0.3 is 0 Å². The minimum atomic E-state index is 0.310. The standard InChI is InChI=1S/C16H16N4O/c1-9-5-4-6-12(7-9)14-15(20-21-16(14)17)13-8-10(2)18-19-11(13)3/h4-8H,17H2,1-3H3. The molecule has 0 aliphatic heterocycles. The molecule has 0 aliphatic rings. The monoisotopic (exact) mass is 280 g/mol. The number of hydrogen-bond donors (Lipinski definition) is 1. The van der Waals surface area contributed by atoms with E-state index in [4.69, 9.17) is 10.3 Å². The summed E-state index contributed by atoms with van der Waals surface area (Å²) in [4.78, 5) is 0. The lowest BCUT2D eigenvalue weighted by atomic mass is 9.99. The zero-order valence-corrected chi connectivity index (χ0v) is 12.2. The van der Waals surface area contributed by atoms with E-state index < -0.39 is 0 Å². The third kappa shape index (κ3) is 2.38. The van der Waals surface area contributed by atoms with E-state index in [-0.39, 0.29) is 0 Å². The van der Waals surface area contributed by atoms with Crippen molar-refractivity contribution in [2.45, 2.75) is 20.8 Å². The Bertz CT molecular complexity index is 808. The minimum absolute atomic E-state index is 0.310. The molecule has 0 spiro atoms. The first-order valence-corrected chi connectivity index (χ1v) is 6.69. The number of rotatable bonds is 2. The second-order valence-electron chi connectivity index (χ2n) is 5.12. The highest BCUT2D eigenvalue weighted by Gasteiger charge is 2.19. The highest BCUT2D eigenvalue weighted by molar-refractivity contribution is 5.87. The van der Waals surface area contributed by atoms with E-state index in [9.17, 15) is 0 Å². The Morgan fingerprint density at radius 2 is 1.86 bits per heavy atom. The summed E-state index contributed by atoms with van der Waals surface area (Å²) in [6.45, 7) is 5.83. The summed E-state index contributed by atoms with van der Waals surface area (Å²) >= 11 is 0. The van der Waals surface area contributed by atoms with Crippen LogP contribution in [0.4, 0.5) is 5.88 Å². The van der Waals surface area contributed by atoms with E-state index in [1.165, 1.54) is 0 Å². The van der Waals surface area contributed by atoms with E-state index in [2.05, 4.69) is 21.4 Å². The molecule has 21 heavy (non-hydrogen) atoms. The maximum absolute atomic E-state index is 5.98. The number of aryl methyl sites for hydroxylation is 3. The van der Waals surface area contributed by atoms with Crippen LogP contribution in [0.25, 0.3) is 22.4 Å². The fraction of sp³-hybridized carbons (Fsp3) is 0.188. The SMILES string of the molecule is Cc1cccc(-c2c(-c3cc(C)nnc3C)noc2N)c1. The van der Waals surface area contributed by atoms with Crippen LogP contribution in [0.1, 0.15) is 17.0 Å². The minimum Gasteiger partial charge on any atom is -0.367 e. The molecule has 0 amide bonds. The molecule has 0 atom stereocenters. The van der Waals surface area contributed by atoms with Crippen LogP contribution in [-0.2, 0) is 0 Å². The summed E-state index contributed by atoms with van der Waals surface area (Å²) in [5.41, 5.74) is 12.1. The van der Waals surface area contributed by atoms with E-state index in [1.54, 1.807) is 0 Å². The molecule has 106 valence electrons. The normalized spacial score (nSPS) is 10.8. The lowest BCUT2D eigenvalue weighted by Gasteiger charge is -2.06. The van der Waals surface area contributed by atoms with Crippen LogP contribution in [0, 0.1) is 20.8 Å². The second kappa shape index (κ2) is 5.01. The van der Waals surface area contributed by atoms with Crippen LogP contribution in [0.3, 0.4) is 0 Å². The number of nitrogen functional groups attached to an aromatic ring is 1. The Morgan fingerprint density at radius 3 is 2.62 bits per heavy atom. The first-order chi connectivity index (χ1) is 10.1. The predicted molar refractivity (Wildman–Crippen MR) is 81.6 cm³/mol. The van der Waals surface area contributed by atoms with Gasteiger partial charge < -0.3 is 10.3 Å². The van der Waals surface area contributed by atoms with Crippen molar-refractivity contribution in [2.24, 2.45) is 0 Å². The molecule has 0 aliphatic carbocycles. The van der Waals surface area contributed by atoms with Gasteiger partial charge in [0.25, 0.3) is 0 Å². The number of nitrogens with two attached hydrogens (primary N) is 1. The van der Waals surface area contributed by atoms with Crippen LogP contribution >= 0.6 is 0 Å². The van der Waals surface area contributed by atoms with Crippen molar-refractivity contribution >= 4 is 5.88 Å². The Kier molecular flexibility index (Phi) is 3.17. The summed E-state index contributed by atoms with van der Waals surface area (Å²) < 4.78 is 5.22. The van der Waals surface area contributed by atoms with Gasteiger partial charge in [0, 0.05) is 5.56 Å². The Morgan fingerprint density at radius 1 is 1.05 bits per heavy atom. The largest absolute Gasteiger partial charge is 0.367 e. The van der Waals surface area contributed by atoms with Crippen LogP contribution < -0.4 is 5.73 Å². The molecule has 2 heterocycles. The highest BCUT2D eigenvalue weighted by atomic mass is 16.5. The van der Waals surface area contributed by atoms with Gasteiger partial charge in [0.1, 0.15) is 5.69 Å². The smallest absolute Gasteiger partial charge is 0.230 e. The zero-order chi connectivity index (χ0) is 15.0. The van der Waals surface area contributed by atoms with Crippen molar-refractivity contribution in [2.75, 3.05) is 5.73 Å². The lowest BCUT2D eigenvalue weighted by Crippen LogP contribution is -1.95. The van der Waals surface area contributed by atoms with Gasteiger partial charge in [-0.1, -0.05) is 35.0 Å². The third-order valence-electron chi connectivity index (χ3n) is 3.38. The zero-order valence-electron chi connectivity index (χ0n) is 12.2. The van der Waals surface area contributed by atoms with Crippen molar-refractivity contribution in [3.8, 4) is 22.4 Å². The second-order valence-corrected chi connectivity index (χ2v) is 5.12. The van der Waals surface area contributed by atoms with Crippen LogP contribution in [0.2, 0.25) is 0 Å². The first kappa shape index (κ1) is 13.3. The summed E-state index contributed by atoms with van der Waals surface area (Å²) in [5, 5.41) is 12.3. The molecule has 2 N–H and O–H groups in total. The van der Waals surface area contributed by atoms with Crippen molar-refractivity contribution in [1.82, 2.24) is 15.4 Å². The summed E-state index contributed by atoms with van der Waals surface area (Å²) in [7, 11) is 0. The molecule has 1 aromatic carbocycles. The number of anilines is 1. The number of aromatic nitrogens is 3. The molecule has 0 saturated heterocycles. The molecule has 5 nitrogen and oxygen atoms in total. The molecule has 0 saturated carbocycles. The topological polar surface area (TPSA) is 77.8 Å². The molecular formula is C16H16N4O. The molecular weight excluding hydrogens is 264 g/mol. The lowest BCUT2D eigenvalue weighted by molar-refractivity contribution is 0.439. The fourth-order valence-corrected chi connectivity index (χ4v) is 2.36. The summed E-state index contributed by atoms with van der Waals surface area (Å²) in [6.07, 6.45) is 0. The van der Waals surface area contributed by atoms with Gasteiger partial charge in [-0.3, -0.25) is 0 Å². The molecule has 3 rings (SSSR count). The Labute approximate surface area is 122 Å². The maximum atomic E-state index is 5.98. The average Bonchev–Trinajstić information content (AvgIpc) is 2.83. The van der Waals surface area contributed by atoms with E-state index in [1.807, 2.05) is 45.0 Å². The number of hydrogen-bond acceptors (Lipinski definition) is 5. The van der Waals surface area contributed by atoms with Crippen LogP contribution in [0.15, 0.2) is 34.9 Å². The molecule has 2 aromatic heterocycles. The van der Waals surface area contributed by atoms with Crippen LogP contribution in [-0.4, -0.2) is 15.4 Å². The average molecular weight is 280 g/mol. The van der Waals surface area contributed by atoms with Crippen molar-refractivity contribution in [3.63, 3.8) is 0 Å². The van der Waals surface area contributed by atoms with Gasteiger partial charge in [-0.2, -0.15) is 10.2 Å². The fourth-order valence-electron chi connectivity index (χ4n) is 2.36. The quantitative estimate of drug-likeness (QED) is 0.779. The molecule has 0 radical (unpaired) electrons. The maximum Gasteiger partial charge on any atom is 0.230 e. The predicted octanol–water partition coefficient (Wildman–Crippen LogP) is 3.31. The molecule has 0 bridgehead atoms. The van der Waals surface area contributed by atoms with Gasteiger partial charge in [-0.05, 0) is 32.4 Å². The van der Waals surface area contributed by atoms with Crippen molar-refractivity contribution < 1.29 is 4.52 Å². The first-order valence-electron chi connectivity index (χ1n) is 6.69. The van der Waals surface area contributed by atoms with Gasteiger partial charge in [0.15, 0.2) is 0 Å².